The lowest BCUT2D eigenvalue weighted by atomic mass is 10.0. The predicted molar refractivity (Wildman–Crippen MR) is 133 cm³/mol. The van der Waals surface area contributed by atoms with E-state index in [0.717, 1.165) is 0 Å². The van der Waals surface area contributed by atoms with E-state index in [2.05, 4.69) is 9.97 Å². The molecule has 2 aromatic rings. The highest BCUT2D eigenvalue weighted by Crippen LogP contribution is 2.25. The molecule has 0 spiro atoms. The molecule has 0 aliphatic heterocycles. The first-order valence-electron chi connectivity index (χ1n) is 12.2. The molecule has 2 rings (SSSR count). The number of Topliss-reactive ketones (excluding diaryl/α,β-unsaturated/α-hetero) is 2. The van der Waals surface area contributed by atoms with Crippen LogP contribution in [0.15, 0.2) is 0 Å². The maximum atomic E-state index is 13.1. The average molecular weight is 533 g/mol. The molecule has 38 heavy (non-hydrogen) atoms. The molecule has 12 heteroatoms. The quantitative estimate of drug-likeness (QED) is 0.221. The molecule has 2 aromatic heterocycles. The fraction of sp³-hybridized carbons (Fsp3) is 0.462. The van der Waals surface area contributed by atoms with Gasteiger partial charge in [-0.15, -0.1) is 0 Å². The van der Waals surface area contributed by atoms with Crippen LogP contribution in [-0.2, 0) is 18.9 Å². The summed E-state index contributed by atoms with van der Waals surface area (Å²) in [6, 6.07) is 0. The van der Waals surface area contributed by atoms with Gasteiger partial charge in [0.25, 0.3) is 0 Å². The van der Waals surface area contributed by atoms with Crippen LogP contribution in [0.1, 0.15) is 114 Å². The van der Waals surface area contributed by atoms with Crippen molar-refractivity contribution in [2.45, 2.75) is 54.4 Å². The standard InChI is InChI=1S/C26H32N2O10/c1-7-35-23(31)17-13(5)19(25(33)37-9-3)27-21(17)15(29)11-12-16(30)22-18(24(32)36-8-2)14(6)20(28-22)26(34)38-10-4/h27-28H,7-12H2,1-6H3. The van der Waals surface area contributed by atoms with Crippen LogP contribution in [0.5, 0.6) is 0 Å². The number of rotatable bonds is 13. The van der Waals surface area contributed by atoms with E-state index in [1.807, 2.05) is 0 Å². The molecule has 0 aliphatic carbocycles. The van der Waals surface area contributed by atoms with Crippen molar-refractivity contribution in [3.63, 3.8) is 0 Å². The number of hydrogen-bond donors (Lipinski definition) is 2. The van der Waals surface area contributed by atoms with Gasteiger partial charge in [0.15, 0.2) is 11.6 Å². The first-order chi connectivity index (χ1) is 18.0. The lowest BCUT2D eigenvalue weighted by Gasteiger charge is -2.06. The van der Waals surface area contributed by atoms with Gasteiger partial charge in [0, 0.05) is 12.8 Å². The summed E-state index contributed by atoms with van der Waals surface area (Å²) in [7, 11) is 0. The van der Waals surface area contributed by atoms with Gasteiger partial charge >= 0.3 is 23.9 Å². The van der Waals surface area contributed by atoms with Crippen LogP contribution in [-0.4, -0.2) is 71.8 Å². The second-order valence-electron chi connectivity index (χ2n) is 7.98. The zero-order valence-corrected chi connectivity index (χ0v) is 22.3. The van der Waals surface area contributed by atoms with Crippen LogP contribution in [0.25, 0.3) is 0 Å². The number of aromatic nitrogens is 2. The van der Waals surface area contributed by atoms with Gasteiger partial charge in [0.2, 0.25) is 0 Å². The van der Waals surface area contributed by atoms with E-state index in [-0.39, 0.29) is 84.3 Å². The summed E-state index contributed by atoms with van der Waals surface area (Å²) in [6.45, 7) is 9.59. The lowest BCUT2D eigenvalue weighted by Crippen LogP contribution is -2.15. The van der Waals surface area contributed by atoms with Gasteiger partial charge < -0.3 is 28.9 Å². The maximum Gasteiger partial charge on any atom is 0.355 e. The Kier molecular flexibility index (Phi) is 10.5. The Morgan fingerprint density at radius 2 is 0.789 bits per heavy atom. The first-order valence-corrected chi connectivity index (χ1v) is 12.2. The average Bonchev–Trinajstić information content (AvgIpc) is 3.40. The number of esters is 4. The van der Waals surface area contributed by atoms with Crippen LogP contribution in [0, 0.1) is 13.8 Å². The van der Waals surface area contributed by atoms with E-state index < -0.39 is 35.4 Å². The minimum atomic E-state index is -0.810. The smallest absolute Gasteiger partial charge is 0.355 e. The Morgan fingerprint density at radius 1 is 0.500 bits per heavy atom. The lowest BCUT2D eigenvalue weighted by molar-refractivity contribution is 0.0505. The molecule has 12 nitrogen and oxygen atoms in total. The van der Waals surface area contributed by atoms with Crippen LogP contribution >= 0.6 is 0 Å². The fourth-order valence-electron chi connectivity index (χ4n) is 3.81. The Labute approximate surface area is 219 Å². The third kappa shape index (κ3) is 6.36. The molecule has 206 valence electrons. The van der Waals surface area contributed by atoms with Crippen molar-refractivity contribution in [2.75, 3.05) is 26.4 Å². The van der Waals surface area contributed by atoms with Crippen molar-refractivity contribution in [1.82, 2.24) is 9.97 Å². The number of nitrogens with one attached hydrogen (secondary N) is 2. The third-order valence-electron chi connectivity index (χ3n) is 5.56. The molecule has 0 atom stereocenters. The van der Waals surface area contributed by atoms with Gasteiger partial charge in [0.1, 0.15) is 11.4 Å². The molecule has 0 unspecified atom stereocenters. The van der Waals surface area contributed by atoms with Crippen LogP contribution in [0.4, 0.5) is 0 Å². The van der Waals surface area contributed by atoms with Gasteiger partial charge in [-0.2, -0.15) is 0 Å². The number of H-pyrrole nitrogens is 2. The van der Waals surface area contributed by atoms with E-state index in [1.165, 1.54) is 13.8 Å². The van der Waals surface area contributed by atoms with Crippen molar-refractivity contribution < 1.29 is 47.7 Å². The molecule has 2 heterocycles. The maximum absolute atomic E-state index is 13.1. The Balaban J connectivity index is 2.40. The number of ether oxygens (including phenoxy) is 4. The normalized spacial score (nSPS) is 10.6. The van der Waals surface area contributed by atoms with Crippen LogP contribution < -0.4 is 0 Å². The van der Waals surface area contributed by atoms with E-state index in [0.29, 0.717) is 0 Å². The molecule has 0 amide bonds. The molecular weight excluding hydrogens is 500 g/mol. The minimum Gasteiger partial charge on any atom is -0.462 e. The highest BCUT2D eigenvalue weighted by atomic mass is 16.5. The third-order valence-corrected chi connectivity index (χ3v) is 5.56. The van der Waals surface area contributed by atoms with E-state index in [1.54, 1.807) is 27.7 Å². The van der Waals surface area contributed by atoms with E-state index in [9.17, 15) is 28.8 Å². The molecule has 0 aliphatic rings. The summed E-state index contributed by atoms with van der Waals surface area (Å²) in [4.78, 5) is 81.3. The zero-order chi connectivity index (χ0) is 28.6. The van der Waals surface area contributed by atoms with Crippen molar-refractivity contribution in [3.8, 4) is 0 Å². The van der Waals surface area contributed by atoms with Crippen molar-refractivity contribution in [3.05, 3.63) is 45.0 Å². The first kappa shape index (κ1) is 30.0. The van der Waals surface area contributed by atoms with Gasteiger partial charge in [-0.05, 0) is 52.7 Å². The Morgan fingerprint density at radius 3 is 1.08 bits per heavy atom. The molecule has 0 bridgehead atoms. The zero-order valence-electron chi connectivity index (χ0n) is 22.3. The summed E-state index contributed by atoms with van der Waals surface area (Å²) in [6.07, 6.45) is -0.773. The summed E-state index contributed by atoms with van der Waals surface area (Å²) >= 11 is 0. The molecular formula is C26H32N2O10. The largest absolute Gasteiger partial charge is 0.462 e. The molecule has 0 saturated carbocycles. The fourth-order valence-corrected chi connectivity index (χ4v) is 3.81. The second kappa shape index (κ2) is 13.4. The van der Waals surface area contributed by atoms with E-state index in [4.69, 9.17) is 18.9 Å². The van der Waals surface area contributed by atoms with E-state index >= 15 is 0 Å². The second-order valence-corrected chi connectivity index (χ2v) is 7.98. The highest BCUT2D eigenvalue weighted by molar-refractivity contribution is 6.12. The van der Waals surface area contributed by atoms with Crippen molar-refractivity contribution >= 4 is 35.4 Å². The number of hydrogen-bond acceptors (Lipinski definition) is 10. The Bertz CT molecular complexity index is 1160. The monoisotopic (exact) mass is 532 g/mol. The topological polar surface area (TPSA) is 171 Å². The summed E-state index contributed by atoms with van der Waals surface area (Å²) in [5.74, 6) is -4.42. The minimum absolute atomic E-state index is 0.0376. The van der Waals surface area contributed by atoms with Gasteiger partial charge in [0.05, 0.1) is 48.9 Å². The molecule has 0 saturated heterocycles. The highest BCUT2D eigenvalue weighted by Gasteiger charge is 2.31. The molecule has 2 N–H and O–H groups in total. The van der Waals surface area contributed by atoms with Crippen molar-refractivity contribution in [2.24, 2.45) is 0 Å². The SMILES string of the molecule is CCOC(=O)c1[nH]c(C(=O)CCC(=O)c2[nH]c(C(=O)OCC)c(C)c2C(=O)OCC)c(C(=O)OCC)c1C. The summed E-state index contributed by atoms with van der Waals surface area (Å²) in [5.41, 5.74) is -0.434. The Hall–Kier alpha value is -4.22. The number of ketones is 2. The van der Waals surface area contributed by atoms with Gasteiger partial charge in [-0.25, -0.2) is 19.2 Å². The van der Waals surface area contributed by atoms with Crippen molar-refractivity contribution in [1.29, 1.82) is 0 Å². The summed E-state index contributed by atoms with van der Waals surface area (Å²) in [5, 5.41) is 0. The molecule has 0 radical (unpaired) electrons. The summed E-state index contributed by atoms with van der Waals surface area (Å²) < 4.78 is 20.1. The van der Waals surface area contributed by atoms with Gasteiger partial charge in [-0.1, -0.05) is 0 Å². The van der Waals surface area contributed by atoms with Crippen LogP contribution in [0.2, 0.25) is 0 Å². The predicted octanol–water partition coefficient (Wildman–Crippen LogP) is 3.51. The number of aromatic amines is 2. The van der Waals surface area contributed by atoms with Gasteiger partial charge in [-0.3, -0.25) is 9.59 Å². The van der Waals surface area contributed by atoms with Crippen LogP contribution in [0.3, 0.4) is 0 Å². The molecule has 0 aromatic carbocycles. The molecule has 0 fully saturated rings. The number of carbonyl (C=O) groups excluding carboxylic acids is 6. The number of carbonyl (C=O) groups is 6.